The standard InChI is InChI=1S/C20H17N3O5/c21-17(24)11-23-18(25)13-7-5-12(6-8-13)10-22-19(26)15-9-14-3-1-2-4-16(14)28-20(15)27/h1-9H,10-11H2,(H2,21,24)(H,22,26)(H,23,25). The van der Waals surface area contributed by atoms with Crippen molar-refractivity contribution < 1.29 is 18.8 Å². The Balaban J connectivity index is 1.65. The predicted octanol–water partition coefficient (Wildman–Crippen LogP) is 0.938. The van der Waals surface area contributed by atoms with E-state index in [4.69, 9.17) is 10.2 Å². The third-order valence-electron chi connectivity index (χ3n) is 3.98. The molecule has 0 fully saturated rings. The van der Waals surface area contributed by atoms with E-state index in [1.54, 1.807) is 48.5 Å². The summed E-state index contributed by atoms with van der Waals surface area (Å²) in [4.78, 5) is 46.9. The summed E-state index contributed by atoms with van der Waals surface area (Å²) in [6, 6.07) is 14.8. The molecule has 0 bridgehead atoms. The van der Waals surface area contributed by atoms with Gasteiger partial charge in [0.25, 0.3) is 11.8 Å². The first-order valence-corrected chi connectivity index (χ1v) is 8.40. The predicted molar refractivity (Wildman–Crippen MR) is 102 cm³/mol. The molecule has 8 heteroatoms. The van der Waals surface area contributed by atoms with E-state index in [9.17, 15) is 19.2 Å². The molecule has 0 atom stereocenters. The number of primary amides is 1. The number of hydrogen-bond donors (Lipinski definition) is 3. The molecule has 0 saturated heterocycles. The first kappa shape index (κ1) is 18.8. The van der Waals surface area contributed by atoms with Gasteiger partial charge >= 0.3 is 5.63 Å². The van der Waals surface area contributed by atoms with Crippen LogP contribution in [0, 0.1) is 0 Å². The summed E-state index contributed by atoms with van der Waals surface area (Å²) in [5.74, 6) is -1.61. The molecular formula is C20H17N3O5. The van der Waals surface area contributed by atoms with Gasteiger partial charge in [-0.15, -0.1) is 0 Å². The minimum atomic E-state index is -0.710. The molecular weight excluding hydrogens is 362 g/mol. The summed E-state index contributed by atoms with van der Waals surface area (Å²) < 4.78 is 5.15. The first-order valence-electron chi connectivity index (χ1n) is 8.40. The summed E-state index contributed by atoms with van der Waals surface area (Å²) in [5.41, 5.74) is 5.68. The Morgan fingerprint density at radius 2 is 1.64 bits per heavy atom. The molecule has 0 spiro atoms. The quantitative estimate of drug-likeness (QED) is 0.549. The summed E-state index contributed by atoms with van der Waals surface area (Å²) >= 11 is 0. The second-order valence-electron chi connectivity index (χ2n) is 6.01. The molecule has 4 N–H and O–H groups in total. The molecule has 8 nitrogen and oxygen atoms in total. The fourth-order valence-corrected chi connectivity index (χ4v) is 2.54. The van der Waals surface area contributed by atoms with E-state index in [1.165, 1.54) is 6.07 Å². The van der Waals surface area contributed by atoms with Gasteiger partial charge in [0.1, 0.15) is 11.1 Å². The number of rotatable bonds is 6. The zero-order chi connectivity index (χ0) is 20.1. The van der Waals surface area contributed by atoms with Crippen LogP contribution >= 0.6 is 0 Å². The average Bonchev–Trinajstić information content (AvgIpc) is 2.70. The van der Waals surface area contributed by atoms with Gasteiger partial charge in [-0.1, -0.05) is 30.3 Å². The molecule has 28 heavy (non-hydrogen) atoms. The zero-order valence-electron chi connectivity index (χ0n) is 14.7. The molecule has 0 unspecified atom stereocenters. The van der Waals surface area contributed by atoms with Gasteiger partial charge < -0.3 is 20.8 Å². The Labute approximate surface area is 159 Å². The van der Waals surface area contributed by atoms with Crippen LogP contribution in [0.5, 0.6) is 0 Å². The molecule has 1 aromatic heterocycles. The van der Waals surface area contributed by atoms with Crippen molar-refractivity contribution in [3.8, 4) is 0 Å². The minimum absolute atomic E-state index is 0.0823. The molecule has 0 aliphatic rings. The van der Waals surface area contributed by atoms with Gasteiger partial charge in [-0.05, 0) is 29.8 Å². The number of carbonyl (C=O) groups is 3. The number of fused-ring (bicyclic) bond motifs is 1. The van der Waals surface area contributed by atoms with Crippen LogP contribution in [0.2, 0.25) is 0 Å². The minimum Gasteiger partial charge on any atom is -0.422 e. The van der Waals surface area contributed by atoms with Crippen LogP contribution < -0.4 is 22.0 Å². The molecule has 0 radical (unpaired) electrons. The number of nitrogens with two attached hydrogens (primary N) is 1. The van der Waals surface area contributed by atoms with Crippen molar-refractivity contribution in [1.82, 2.24) is 10.6 Å². The van der Waals surface area contributed by atoms with Crippen LogP contribution in [0.4, 0.5) is 0 Å². The van der Waals surface area contributed by atoms with Gasteiger partial charge in [-0.2, -0.15) is 0 Å². The van der Waals surface area contributed by atoms with Crippen LogP contribution in [0.1, 0.15) is 26.3 Å². The normalized spacial score (nSPS) is 10.4. The third kappa shape index (κ3) is 4.42. The number of amides is 3. The lowest BCUT2D eigenvalue weighted by Crippen LogP contribution is -2.33. The lowest BCUT2D eigenvalue weighted by atomic mass is 10.1. The number of nitrogens with one attached hydrogen (secondary N) is 2. The number of hydrogen-bond acceptors (Lipinski definition) is 5. The lowest BCUT2D eigenvalue weighted by Gasteiger charge is -2.07. The lowest BCUT2D eigenvalue weighted by molar-refractivity contribution is -0.117. The third-order valence-corrected chi connectivity index (χ3v) is 3.98. The molecule has 3 aromatic rings. The van der Waals surface area contributed by atoms with E-state index in [-0.39, 0.29) is 18.7 Å². The van der Waals surface area contributed by atoms with Crippen molar-refractivity contribution >= 4 is 28.7 Å². The second kappa shape index (κ2) is 8.17. The van der Waals surface area contributed by atoms with Crippen molar-refractivity contribution in [1.29, 1.82) is 0 Å². The van der Waals surface area contributed by atoms with Crippen LogP contribution in [-0.4, -0.2) is 24.3 Å². The van der Waals surface area contributed by atoms with Crippen molar-refractivity contribution in [3.63, 3.8) is 0 Å². The molecule has 1 heterocycles. The molecule has 3 amide bonds. The highest BCUT2D eigenvalue weighted by Crippen LogP contribution is 2.12. The van der Waals surface area contributed by atoms with E-state index in [2.05, 4.69) is 10.6 Å². The highest BCUT2D eigenvalue weighted by molar-refractivity contribution is 5.97. The maximum Gasteiger partial charge on any atom is 0.349 e. The van der Waals surface area contributed by atoms with Crippen molar-refractivity contribution in [3.05, 3.63) is 81.7 Å². The Morgan fingerprint density at radius 3 is 2.36 bits per heavy atom. The zero-order valence-corrected chi connectivity index (χ0v) is 14.7. The SMILES string of the molecule is NC(=O)CNC(=O)c1ccc(CNC(=O)c2cc3ccccc3oc2=O)cc1. The monoisotopic (exact) mass is 379 g/mol. The van der Waals surface area contributed by atoms with Crippen LogP contribution in [0.3, 0.4) is 0 Å². The van der Waals surface area contributed by atoms with E-state index in [1.807, 2.05) is 0 Å². The van der Waals surface area contributed by atoms with Crippen LogP contribution in [-0.2, 0) is 11.3 Å². The molecule has 0 aliphatic carbocycles. The van der Waals surface area contributed by atoms with Gasteiger partial charge in [0.15, 0.2) is 0 Å². The Bertz CT molecular complexity index is 1100. The van der Waals surface area contributed by atoms with Gasteiger partial charge in [-0.25, -0.2) is 4.79 Å². The number of carbonyl (C=O) groups excluding carboxylic acids is 3. The highest BCUT2D eigenvalue weighted by atomic mass is 16.4. The summed E-state index contributed by atoms with van der Waals surface area (Å²) in [5, 5.41) is 5.68. The van der Waals surface area contributed by atoms with E-state index < -0.39 is 23.3 Å². The largest absolute Gasteiger partial charge is 0.422 e. The Hall–Kier alpha value is -3.94. The van der Waals surface area contributed by atoms with Gasteiger partial charge in [0.2, 0.25) is 5.91 Å². The summed E-state index contributed by atoms with van der Waals surface area (Å²) in [6.07, 6.45) is 0. The molecule has 3 rings (SSSR count). The maximum absolute atomic E-state index is 12.3. The highest BCUT2D eigenvalue weighted by Gasteiger charge is 2.13. The Kier molecular flexibility index (Phi) is 5.50. The first-order chi connectivity index (χ1) is 13.4. The van der Waals surface area contributed by atoms with Gasteiger partial charge in [-0.3, -0.25) is 14.4 Å². The fraction of sp³-hybridized carbons (Fsp3) is 0.100. The van der Waals surface area contributed by atoms with Crippen LogP contribution in [0.25, 0.3) is 11.0 Å². The molecule has 2 aromatic carbocycles. The maximum atomic E-state index is 12.3. The van der Waals surface area contributed by atoms with E-state index in [0.29, 0.717) is 16.5 Å². The summed E-state index contributed by atoms with van der Waals surface area (Å²) in [7, 11) is 0. The van der Waals surface area contributed by atoms with E-state index in [0.717, 1.165) is 5.56 Å². The fourth-order valence-electron chi connectivity index (χ4n) is 2.54. The van der Waals surface area contributed by atoms with Crippen molar-refractivity contribution in [2.75, 3.05) is 6.54 Å². The second-order valence-corrected chi connectivity index (χ2v) is 6.01. The number of para-hydroxylation sites is 1. The average molecular weight is 379 g/mol. The van der Waals surface area contributed by atoms with Crippen LogP contribution in [0.15, 0.2) is 63.8 Å². The van der Waals surface area contributed by atoms with Gasteiger partial charge in [0, 0.05) is 17.5 Å². The molecule has 0 saturated carbocycles. The van der Waals surface area contributed by atoms with E-state index >= 15 is 0 Å². The molecule has 0 aliphatic heterocycles. The Morgan fingerprint density at radius 1 is 0.929 bits per heavy atom. The smallest absolute Gasteiger partial charge is 0.349 e. The van der Waals surface area contributed by atoms with Crippen molar-refractivity contribution in [2.45, 2.75) is 6.54 Å². The topological polar surface area (TPSA) is 132 Å². The van der Waals surface area contributed by atoms with Crippen molar-refractivity contribution in [2.24, 2.45) is 5.73 Å². The number of benzene rings is 2. The van der Waals surface area contributed by atoms with Gasteiger partial charge in [0.05, 0.1) is 6.54 Å². The molecule has 142 valence electrons. The summed E-state index contributed by atoms with van der Waals surface area (Å²) in [6.45, 7) is -0.0841.